The summed E-state index contributed by atoms with van der Waals surface area (Å²) < 4.78 is 21.6. The number of esters is 2. The van der Waals surface area contributed by atoms with E-state index in [1.54, 1.807) is 37.3 Å². The standard InChI is InChI=1S/C35H28N4O7/c1-4-44-30-17-22(13-15-28(30)46-35(42)24-14-16-27(45-21(2)40)29(18-24)43-3)20-37-39-34(41)33-31(23-9-6-5-7-10-23)26-12-8-11-25(19-36)32(26)38-33/h5-18,20,38H,4H2,1-3H3,(H,39,41). The molecular weight excluding hydrogens is 588 g/mol. The third-order valence-electron chi connectivity index (χ3n) is 6.75. The second-order valence-electron chi connectivity index (χ2n) is 9.77. The monoisotopic (exact) mass is 616 g/mol. The lowest BCUT2D eigenvalue weighted by Crippen LogP contribution is -2.19. The molecule has 0 atom stereocenters. The van der Waals surface area contributed by atoms with Crippen molar-refractivity contribution in [3.05, 3.63) is 107 Å². The number of fused-ring (bicyclic) bond motifs is 1. The minimum absolute atomic E-state index is 0.162. The van der Waals surface area contributed by atoms with Crippen molar-refractivity contribution in [3.8, 4) is 40.2 Å². The molecule has 0 spiro atoms. The number of nitrogens with zero attached hydrogens (tertiary/aromatic N) is 2. The van der Waals surface area contributed by atoms with Crippen molar-refractivity contribution in [1.82, 2.24) is 10.4 Å². The number of hydrogen-bond donors (Lipinski definition) is 2. The van der Waals surface area contributed by atoms with E-state index >= 15 is 0 Å². The van der Waals surface area contributed by atoms with Crippen molar-refractivity contribution < 1.29 is 33.3 Å². The molecule has 1 heterocycles. The highest BCUT2D eigenvalue weighted by molar-refractivity contribution is 6.10. The molecule has 0 bridgehead atoms. The lowest BCUT2D eigenvalue weighted by Gasteiger charge is -2.13. The minimum atomic E-state index is -0.686. The molecule has 0 saturated carbocycles. The zero-order valence-electron chi connectivity index (χ0n) is 25.1. The number of amides is 1. The number of carbonyl (C=O) groups is 3. The number of aromatic nitrogens is 1. The average Bonchev–Trinajstić information content (AvgIpc) is 3.46. The van der Waals surface area contributed by atoms with Gasteiger partial charge in [-0.15, -0.1) is 0 Å². The molecule has 11 nitrogen and oxygen atoms in total. The molecule has 0 unspecified atom stereocenters. The summed E-state index contributed by atoms with van der Waals surface area (Å²) >= 11 is 0. The van der Waals surface area contributed by atoms with Gasteiger partial charge in [0, 0.05) is 17.9 Å². The Morgan fingerprint density at radius 1 is 0.913 bits per heavy atom. The number of H-pyrrole nitrogens is 1. The predicted octanol–water partition coefficient (Wildman–Crippen LogP) is 6.02. The number of carbonyl (C=O) groups excluding carboxylic acids is 3. The molecule has 4 aromatic carbocycles. The van der Waals surface area contributed by atoms with Crippen LogP contribution in [0.2, 0.25) is 0 Å². The molecule has 2 N–H and O–H groups in total. The molecule has 5 rings (SSSR count). The average molecular weight is 617 g/mol. The first-order chi connectivity index (χ1) is 22.3. The molecular formula is C35H28N4O7. The van der Waals surface area contributed by atoms with E-state index in [1.165, 1.54) is 38.4 Å². The number of aromatic amines is 1. The first kappa shape index (κ1) is 31.0. The fourth-order valence-electron chi connectivity index (χ4n) is 4.76. The molecule has 1 aromatic heterocycles. The van der Waals surface area contributed by atoms with E-state index in [2.05, 4.69) is 21.6 Å². The van der Waals surface area contributed by atoms with E-state index in [0.29, 0.717) is 28.8 Å². The van der Waals surface area contributed by atoms with Gasteiger partial charge in [-0.05, 0) is 60.5 Å². The van der Waals surface area contributed by atoms with Crippen molar-refractivity contribution in [3.63, 3.8) is 0 Å². The van der Waals surface area contributed by atoms with Crippen LogP contribution in [0.5, 0.6) is 23.0 Å². The van der Waals surface area contributed by atoms with Gasteiger partial charge in [0.15, 0.2) is 23.0 Å². The van der Waals surface area contributed by atoms with Gasteiger partial charge in [0.25, 0.3) is 5.91 Å². The van der Waals surface area contributed by atoms with Gasteiger partial charge in [-0.3, -0.25) is 9.59 Å². The number of hydrogen-bond acceptors (Lipinski definition) is 9. The summed E-state index contributed by atoms with van der Waals surface area (Å²) in [6.45, 7) is 3.34. The smallest absolute Gasteiger partial charge is 0.343 e. The third-order valence-corrected chi connectivity index (χ3v) is 6.75. The lowest BCUT2D eigenvalue weighted by molar-refractivity contribution is -0.132. The molecule has 0 aliphatic carbocycles. The van der Waals surface area contributed by atoms with Crippen molar-refractivity contribution in [2.75, 3.05) is 13.7 Å². The third kappa shape index (κ3) is 6.71. The summed E-state index contributed by atoms with van der Waals surface area (Å²) in [6, 6.07) is 26.0. The van der Waals surface area contributed by atoms with Crippen molar-refractivity contribution in [2.24, 2.45) is 5.10 Å². The second kappa shape index (κ2) is 13.9. The van der Waals surface area contributed by atoms with Gasteiger partial charge in [0.05, 0.1) is 36.6 Å². The van der Waals surface area contributed by atoms with Crippen molar-refractivity contribution in [1.29, 1.82) is 5.26 Å². The first-order valence-corrected chi connectivity index (χ1v) is 14.1. The molecule has 0 radical (unpaired) electrons. The Morgan fingerprint density at radius 3 is 2.39 bits per heavy atom. The minimum Gasteiger partial charge on any atom is -0.493 e. The number of hydrazone groups is 1. The Morgan fingerprint density at radius 2 is 1.67 bits per heavy atom. The summed E-state index contributed by atoms with van der Waals surface area (Å²) in [6.07, 6.45) is 1.43. The highest BCUT2D eigenvalue weighted by Crippen LogP contribution is 2.34. The largest absolute Gasteiger partial charge is 0.493 e. The Hall–Kier alpha value is -6.41. The highest BCUT2D eigenvalue weighted by Gasteiger charge is 2.21. The lowest BCUT2D eigenvalue weighted by atomic mass is 10.0. The van der Waals surface area contributed by atoms with Crippen LogP contribution < -0.4 is 24.4 Å². The van der Waals surface area contributed by atoms with E-state index in [0.717, 1.165) is 10.9 Å². The highest BCUT2D eigenvalue weighted by atomic mass is 16.6. The summed E-state index contributed by atoms with van der Waals surface area (Å²) in [5.41, 5.74) is 5.97. The molecule has 5 aromatic rings. The zero-order chi connectivity index (χ0) is 32.6. The maximum absolute atomic E-state index is 13.3. The van der Waals surface area contributed by atoms with Crippen LogP contribution in [-0.2, 0) is 4.79 Å². The van der Waals surface area contributed by atoms with Crippen LogP contribution in [0.1, 0.15) is 45.8 Å². The fraction of sp³-hybridized carbons (Fsp3) is 0.114. The molecule has 0 fully saturated rings. The van der Waals surface area contributed by atoms with Gasteiger partial charge in [-0.2, -0.15) is 10.4 Å². The van der Waals surface area contributed by atoms with Gasteiger partial charge < -0.3 is 23.9 Å². The maximum atomic E-state index is 13.3. The molecule has 0 saturated heterocycles. The number of para-hydroxylation sites is 1. The molecule has 46 heavy (non-hydrogen) atoms. The molecule has 0 aliphatic rings. The van der Waals surface area contributed by atoms with Gasteiger partial charge >= 0.3 is 11.9 Å². The Labute approximate surface area is 264 Å². The number of rotatable bonds is 10. The van der Waals surface area contributed by atoms with Crippen LogP contribution in [0.15, 0.2) is 90.0 Å². The number of methoxy groups -OCH3 is 1. The van der Waals surface area contributed by atoms with Gasteiger partial charge in [-0.25, -0.2) is 10.2 Å². The Kier molecular flexibility index (Phi) is 9.39. The van der Waals surface area contributed by atoms with Gasteiger partial charge in [0.2, 0.25) is 0 Å². The SMILES string of the molecule is CCOc1cc(C=NNC(=O)c2[nH]c3c(C#N)cccc3c2-c2ccccc2)ccc1OC(=O)c1ccc(OC(C)=O)c(OC)c1. The van der Waals surface area contributed by atoms with Gasteiger partial charge in [-0.1, -0.05) is 42.5 Å². The van der Waals surface area contributed by atoms with Crippen LogP contribution in [-0.4, -0.2) is 42.8 Å². The molecule has 0 aliphatic heterocycles. The zero-order valence-corrected chi connectivity index (χ0v) is 25.1. The number of benzene rings is 4. The van der Waals surface area contributed by atoms with E-state index in [1.807, 2.05) is 36.4 Å². The van der Waals surface area contributed by atoms with Crippen LogP contribution >= 0.6 is 0 Å². The Bertz CT molecular complexity index is 2010. The summed E-state index contributed by atoms with van der Waals surface area (Å²) in [5.74, 6) is -0.907. The van der Waals surface area contributed by atoms with Crippen LogP contribution in [0.3, 0.4) is 0 Å². The quantitative estimate of drug-likeness (QED) is 0.0836. The molecule has 1 amide bonds. The van der Waals surface area contributed by atoms with E-state index < -0.39 is 17.8 Å². The van der Waals surface area contributed by atoms with Crippen LogP contribution in [0.4, 0.5) is 0 Å². The van der Waals surface area contributed by atoms with Crippen LogP contribution in [0.25, 0.3) is 22.0 Å². The van der Waals surface area contributed by atoms with Crippen LogP contribution in [0, 0.1) is 11.3 Å². The van der Waals surface area contributed by atoms with E-state index in [4.69, 9.17) is 18.9 Å². The number of nitriles is 1. The molecule has 230 valence electrons. The fourth-order valence-corrected chi connectivity index (χ4v) is 4.76. The summed E-state index contributed by atoms with van der Waals surface area (Å²) in [5, 5.41) is 14.5. The van der Waals surface area contributed by atoms with Crippen molar-refractivity contribution >= 4 is 35.0 Å². The summed E-state index contributed by atoms with van der Waals surface area (Å²) in [7, 11) is 1.39. The second-order valence-corrected chi connectivity index (χ2v) is 9.77. The van der Waals surface area contributed by atoms with E-state index in [9.17, 15) is 19.6 Å². The normalized spacial score (nSPS) is 10.7. The van der Waals surface area contributed by atoms with E-state index in [-0.39, 0.29) is 34.3 Å². The topological polar surface area (TPSA) is 152 Å². The first-order valence-electron chi connectivity index (χ1n) is 14.1. The molecule has 11 heteroatoms. The van der Waals surface area contributed by atoms with Gasteiger partial charge in [0.1, 0.15) is 11.8 Å². The predicted molar refractivity (Wildman–Crippen MR) is 170 cm³/mol. The maximum Gasteiger partial charge on any atom is 0.343 e. The number of ether oxygens (including phenoxy) is 4. The van der Waals surface area contributed by atoms with Crippen molar-refractivity contribution in [2.45, 2.75) is 13.8 Å². The number of nitrogens with one attached hydrogen (secondary N) is 2. The summed E-state index contributed by atoms with van der Waals surface area (Å²) in [4.78, 5) is 40.7. The Balaban J connectivity index is 1.35.